The standard InChI is InChI=1S/C21H21N5OS/c1-14-8-9-18(28-14)19-23-20-17(22)12-16(13-26(20)24-19)21(27)25(2)11-10-15-6-4-3-5-7-15/h3-9,12-13H,10-11,22H2,1-2H3. The fourth-order valence-corrected chi connectivity index (χ4v) is 3.85. The van der Waals surface area contributed by atoms with Gasteiger partial charge in [0.2, 0.25) is 0 Å². The number of pyridine rings is 1. The van der Waals surface area contributed by atoms with Crippen LogP contribution in [0.25, 0.3) is 16.3 Å². The fourth-order valence-electron chi connectivity index (χ4n) is 3.05. The number of amides is 1. The van der Waals surface area contributed by atoms with Crippen LogP contribution < -0.4 is 5.73 Å². The summed E-state index contributed by atoms with van der Waals surface area (Å²) in [5, 5.41) is 4.52. The molecule has 1 aromatic carbocycles. The number of hydrogen-bond acceptors (Lipinski definition) is 5. The summed E-state index contributed by atoms with van der Waals surface area (Å²) < 4.78 is 1.60. The van der Waals surface area contributed by atoms with Crippen molar-refractivity contribution in [3.8, 4) is 10.7 Å². The van der Waals surface area contributed by atoms with Crippen molar-refractivity contribution in [1.82, 2.24) is 19.5 Å². The molecule has 6 nitrogen and oxygen atoms in total. The van der Waals surface area contributed by atoms with Crippen molar-refractivity contribution in [2.45, 2.75) is 13.3 Å². The maximum atomic E-state index is 12.9. The lowest BCUT2D eigenvalue weighted by molar-refractivity contribution is 0.0796. The molecule has 3 aromatic heterocycles. The molecule has 0 aliphatic heterocycles. The Hall–Kier alpha value is -3.19. The molecule has 1 amide bonds. The number of fused-ring (bicyclic) bond motifs is 1. The van der Waals surface area contributed by atoms with E-state index in [1.54, 1.807) is 40.1 Å². The van der Waals surface area contributed by atoms with Crippen molar-refractivity contribution < 1.29 is 4.79 Å². The Balaban J connectivity index is 1.56. The van der Waals surface area contributed by atoms with E-state index < -0.39 is 0 Å². The number of hydrogen-bond donors (Lipinski definition) is 1. The number of aryl methyl sites for hydroxylation is 1. The molecule has 0 bridgehead atoms. The Bertz CT molecular complexity index is 1130. The highest BCUT2D eigenvalue weighted by Gasteiger charge is 2.17. The predicted octanol–water partition coefficient (Wildman–Crippen LogP) is 3.66. The van der Waals surface area contributed by atoms with E-state index in [2.05, 4.69) is 22.2 Å². The zero-order valence-corrected chi connectivity index (χ0v) is 16.6. The second kappa shape index (κ2) is 7.44. The average Bonchev–Trinajstić information content (AvgIpc) is 3.32. The first-order valence-corrected chi connectivity index (χ1v) is 9.85. The molecule has 4 aromatic rings. The minimum atomic E-state index is -0.0893. The third-order valence-electron chi connectivity index (χ3n) is 4.59. The van der Waals surface area contributed by atoms with Crippen LogP contribution in [0.15, 0.2) is 54.7 Å². The molecule has 4 rings (SSSR count). The first-order valence-electron chi connectivity index (χ1n) is 9.03. The molecule has 142 valence electrons. The van der Waals surface area contributed by atoms with Crippen molar-refractivity contribution in [2.24, 2.45) is 0 Å². The summed E-state index contributed by atoms with van der Waals surface area (Å²) >= 11 is 1.63. The van der Waals surface area contributed by atoms with Gasteiger partial charge in [-0.1, -0.05) is 30.3 Å². The maximum Gasteiger partial charge on any atom is 0.255 e. The summed E-state index contributed by atoms with van der Waals surface area (Å²) in [6, 6.07) is 15.8. The molecule has 0 fully saturated rings. The van der Waals surface area contributed by atoms with Crippen molar-refractivity contribution in [3.05, 3.63) is 70.7 Å². The van der Waals surface area contributed by atoms with E-state index in [-0.39, 0.29) is 5.91 Å². The Kier molecular flexibility index (Phi) is 4.83. The van der Waals surface area contributed by atoms with Gasteiger partial charge < -0.3 is 10.6 Å². The van der Waals surface area contributed by atoms with Crippen LogP contribution in [0, 0.1) is 6.92 Å². The molecule has 28 heavy (non-hydrogen) atoms. The van der Waals surface area contributed by atoms with Crippen molar-refractivity contribution in [3.63, 3.8) is 0 Å². The lowest BCUT2D eigenvalue weighted by Gasteiger charge is -2.17. The van der Waals surface area contributed by atoms with E-state index in [9.17, 15) is 4.79 Å². The monoisotopic (exact) mass is 391 g/mol. The summed E-state index contributed by atoms with van der Waals surface area (Å²) in [6.45, 7) is 2.66. The molecule has 0 unspecified atom stereocenters. The van der Waals surface area contributed by atoms with E-state index in [1.807, 2.05) is 37.3 Å². The number of likely N-dealkylation sites (N-methyl/N-ethyl adjacent to an activating group) is 1. The molecule has 2 N–H and O–H groups in total. The molecule has 0 saturated carbocycles. The van der Waals surface area contributed by atoms with Crippen molar-refractivity contribution in [1.29, 1.82) is 0 Å². The van der Waals surface area contributed by atoms with Crippen LogP contribution in [-0.4, -0.2) is 39.0 Å². The Morgan fingerprint density at radius 3 is 2.71 bits per heavy atom. The molecular formula is C21H21N5OS. The molecule has 0 atom stereocenters. The second-order valence-corrected chi connectivity index (χ2v) is 8.05. The van der Waals surface area contributed by atoms with Gasteiger partial charge in [-0.05, 0) is 37.1 Å². The van der Waals surface area contributed by atoms with Crippen LogP contribution in [0.1, 0.15) is 20.8 Å². The maximum absolute atomic E-state index is 12.9. The molecule has 0 aliphatic rings. The van der Waals surface area contributed by atoms with Crippen LogP contribution in [0.4, 0.5) is 5.69 Å². The van der Waals surface area contributed by atoms with E-state index in [0.29, 0.717) is 29.3 Å². The third-order valence-corrected chi connectivity index (χ3v) is 5.59. The number of thiophene rings is 1. The summed E-state index contributed by atoms with van der Waals surface area (Å²) in [5.74, 6) is 0.528. The van der Waals surface area contributed by atoms with Crippen LogP contribution >= 0.6 is 11.3 Å². The topological polar surface area (TPSA) is 76.5 Å². The Morgan fingerprint density at radius 2 is 2.00 bits per heavy atom. The van der Waals surface area contributed by atoms with Gasteiger partial charge in [-0.2, -0.15) is 0 Å². The molecule has 3 heterocycles. The predicted molar refractivity (Wildman–Crippen MR) is 113 cm³/mol. The number of benzene rings is 1. The summed E-state index contributed by atoms with van der Waals surface area (Å²) in [5.41, 5.74) is 8.86. The largest absolute Gasteiger partial charge is 0.396 e. The van der Waals surface area contributed by atoms with Gasteiger partial charge in [0, 0.05) is 24.7 Å². The molecule has 7 heteroatoms. The van der Waals surface area contributed by atoms with Gasteiger partial charge in [-0.15, -0.1) is 16.4 Å². The number of nitrogen functional groups attached to an aromatic ring is 1. The second-order valence-electron chi connectivity index (χ2n) is 6.76. The Labute approximate surface area is 167 Å². The Morgan fingerprint density at radius 1 is 1.21 bits per heavy atom. The number of carbonyl (C=O) groups is 1. The van der Waals surface area contributed by atoms with E-state index in [1.165, 1.54) is 10.4 Å². The summed E-state index contributed by atoms with van der Waals surface area (Å²) in [6.07, 6.45) is 2.50. The SMILES string of the molecule is Cc1ccc(-c2nc3c(N)cc(C(=O)N(C)CCc4ccccc4)cn3n2)s1. The summed E-state index contributed by atoms with van der Waals surface area (Å²) in [7, 11) is 1.80. The van der Waals surface area contributed by atoms with Gasteiger partial charge in [0.1, 0.15) is 0 Å². The smallest absolute Gasteiger partial charge is 0.255 e. The molecule has 0 spiro atoms. The minimum absolute atomic E-state index is 0.0893. The summed E-state index contributed by atoms with van der Waals surface area (Å²) in [4.78, 5) is 21.3. The van der Waals surface area contributed by atoms with Crippen LogP contribution in [-0.2, 0) is 6.42 Å². The number of nitrogens with two attached hydrogens (primary N) is 1. The zero-order chi connectivity index (χ0) is 19.7. The normalized spacial score (nSPS) is 11.1. The highest BCUT2D eigenvalue weighted by Crippen LogP contribution is 2.26. The van der Waals surface area contributed by atoms with E-state index >= 15 is 0 Å². The first kappa shape index (κ1) is 18.2. The van der Waals surface area contributed by atoms with Gasteiger partial charge in [-0.3, -0.25) is 4.79 Å². The van der Waals surface area contributed by atoms with Crippen LogP contribution in [0.2, 0.25) is 0 Å². The minimum Gasteiger partial charge on any atom is -0.396 e. The van der Waals surface area contributed by atoms with Crippen molar-refractivity contribution >= 4 is 28.6 Å². The van der Waals surface area contributed by atoms with Crippen LogP contribution in [0.3, 0.4) is 0 Å². The fraction of sp³-hybridized carbons (Fsp3) is 0.190. The number of rotatable bonds is 5. The van der Waals surface area contributed by atoms with Gasteiger partial charge in [0.05, 0.1) is 16.1 Å². The highest BCUT2D eigenvalue weighted by molar-refractivity contribution is 7.15. The van der Waals surface area contributed by atoms with Crippen molar-refractivity contribution in [2.75, 3.05) is 19.3 Å². The van der Waals surface area contributed by atoms with Gasteiger partial charge in [-0.25, -0.2) is 9.50 Å². The quantitative estimate of drug-likeness (QED) is 0.563. The molecular weight excluding hydrogens is 370 g/mol. The van der Waals surface area contributed by atoms with E-state index in [0.717, 1.165) is 11.3 Å². The lowest BCUT2D eigenvalue weighted by atomic mass is 10.1. The molecule has 0 aliphatic carbocycles. The number of carbonyl (C=O) groups excluding carboxylic acids is 1. The first-order chi connectivity index (χ1) is 13.5. The van der Waals surface area contributed by atoms with Gasteiger partial charge in [0.25, 0.3) is 5.91 Å². The lowest BCUT2D eigenvalue weighted by Crippen LogP contribution is -2.29. The molecule has 0 saturated heterocycles. The van der Waals surface area contributed by atoms with E-state index in [4.69, 9.17) is 5.73 Å². The number of anilines is 1. The number of aromatic nitrogens is 3. The highest BCUT2D eigenvalue weighted by atomic mass is 32.1. The zero-order valence-electron chi connectivity index (χ0n) is 15.8. The molecule has 0 radical (unpaired) electrons. The van der Waals surface area contributed by atoms with Gasteiger partial charge in [0.15, 0.2) is 11.5 Å². The van der Waals surface area contributed by atoms with Gasteiger partial charge >= 0.3 is 0 Å². The third kappa shape index (κ3) is 3.61. The average molecular weight is 392 g/mol. The van der Waals surface area contributed by atoms with Crippen LogP contribution in [0.5, 0.6) is 0 Å². The number of nitrogens with zero attached hydrogens (tertiary/aromatic N) is 4.